The Morgan fingerprint density at radius 1 is 0.633 bits per heavy atom. The number of halogens is 1. The number of anilines is 1. The van der Waals surface area contributed by atoms with Crippen LogP contribution < -0.4 is 4.90 Å². The minimum absolute atomic E-state index is 0.142. The Balaban J connectivity index is 1.64. The van der Waals surface area contributed by atoms with Crippen molar-refractivity contribution in [1.29, 1.82) is 0 Å². The molecule has 0 N–H and O–H groups in total. The van der Waals surface area contributed by atoms with Gasteiger partial charge in [-0.05, 0) is 29.3 Å². The van der Waals surface area contributed by atoms with Crippen molar-refractivity contribution in [3.8, 4) is 0 Å². The highest BCUT2D eigenvalue weighted by Crippen LogP contribution is 2.50. The minimum atomic E-state index is -0.450. The van der Waals surface area contributed by atoms with Gasteiger partial charge in [-0.3, -0.25) is 9.59 Å². The highest BCUT2D eigenvalue weighted by atomic mass is 35.5. The highest BCUT2D eigenvalue weighted by Gasteiger charge is 2.55. The van der Waals surface area contributed by atoms with Crippen molar-refractivity contribution >= 4 is 29.1 Å². The first-order valence-corrected chi connectivity index (χ1v) is 10.4. The summed E-state index contributed by atoms with van der Waals surface area (Å²) in [6.07, 6.45) is 4.20. The lowest BCUT2D eigenvalue weighted by Gasteiger charge is -2.32. The van der Waals surface area contributed by atoms with Crippen LogP contribution in [-0.2, 0) is 9.59 Å². The Hall–Kier alpha value is -3.17. The average Bonchev–Trinajstić information content (AvgIpc) is 3.05. The zero-order valence-electron chi connectivity index (χ0n) is 16.2. The van der Waals surface area contributed by atoms with E-state index in [1.807, 2.05) is 60.7 Å². The van der Waals surface area contributed by atoms with Crippen molar-refractivity contribution in [2.24, 2.45) is 11.8 Å². The van der Waals surface area contributed by atoms with Gasteiger partial charge >= 0.3 is 0 Å². The molecule has 0 unspecified atom stereocenters. The van der Waals surface area contributed by atoms with Crippen LogP contribution in [0.25, 0.3) is 0 Å². The topological polar surface area (TPSA) is 37.4 Å². The van der Waals surface area contributed by atoms with Crippen molar-refractivity contribution < 1.29 is 9.59 Å². The third-order valence-corrected chi connectivity index (χ3v) is 6.37. The number of hydrogen-bond acceptors (Lipinski definition) is 2. The Kier molecular flexibility index (Phi) is 4.76. The molecule has 30 heavy (non-hydrogen) atoms. The Morgan fingerprint density at radius 2 is 1.13 bits per heavy atom. The fraction of sp³-hybridized carbons (Fsp3) is 0.154. The van der Waals surface area contributed by atoms with Gasteiger partial charge in [-0.25, -0.2) is 4.90 Å². The molecule has 3 aromatic rings. The number of nitrogens with zero attached hydrogens (tertiary/aromatic N) is 1. The minimum Gasteiger partial charge on any atom is -0.274 e. The lowest BCUT2D eigenvalue weighted by molar-refractivity contribution is -0.122. The van der Waals surface area contributed by atoms with Gasteiger partial charge in [0, 0.05) is 16.9 Å². The van der Waals surface area contributed by atoms with E-state index in [4.69, 9.17) is 11.6 Å². The molecule has 0 bridgehead atoms. The summed E-state index contributed by atoms with van der Waals surface area (Å²) in [5, 5.41) is 0.500. The zero-order chi connectivity index (χ0) is 20.7. The molecule has 0 aromatic heterocycles. The van der Waals surface area contributed by atoms with E-state index in [0.29, 0.717) is 10.7 Å². The molecule has 4 heteroatoms. The van der Waals surface area contributed by atoms with Gasteiger partial charge in [-0.15, -0.1) is 0 Å². The van der Waals surface area contributed by atoms with Gasteiger partial charge in [0.15, 0.2) is 0 Å². The molecule has 0 spiro atoms. The second-order valence-electron chi connectivity index (χ2n) is 7.80. The number of carbonyl (C=O) groups is 2. The molecule has 3 nitrogen and oxygen atoms in total. The third-order valence-electron chi connectivity index (χ3n) is 6.13. The summed E-state index contributed by atoms with van der Waals surface area (Å²) in [6.45, 7) is 0. The highest BCUT2D eigenvalue weighted by molar-refractivity contribution is 6.31. The van der Waals surface area contributed by atoms with E-state index in [2.05, 4.69) is 12.2 Å². The number of benzene rings is 3. The van der Waals surface area contributed by atoms with Crippen molar-refractivity contribution in [3.63, 3.8) is 0 Å². The summed E-state index contributed by atoms with van der Waals surface area (Å²) in [5.41, 5.74) is 2.62. The maximum Gasteiger partial charge on any atom is 0.238 e. The van der Waals surface area contributed by atoms with Crippen LogP contribution >= 0.6 is 11.6 Å². The van der Waals surface area contributed by atoms with Gasteiger partial charge in [-0.2, -0.15) is 0 Å². The molecule has 1 saturated heterocycles. The molecule has 3 aromatic carbocycles. The van der Waals surface area contributed by atoms with Crippen LogP contribution in [-0.4, -0.2) is 11.8 Å². The van der Waals surface area contributed by atoms with Crippen molar-refractivity contribution in [1.82, 2.24) is 0 Å². The normalized spacial score (nSPS) is 25.4. The molecule has 1 fully saturated rings. The van der Waals surface area contributed by atoms with Gasteiger partial charge < -0.3 is 0 Å². The van der Waals surface area contributed by atoms with Crippen LogP contribution in [0.2, 0.25) is 5.02 Å². The average molecular weight is 414 g/mol. The van der Waals surface area contributed by atoms with Crippen molar-refractivity contribution in [3.05, 3.63) is 113 Å². The summed E-state index contributed by atoms with van der Waals surface area (Å²) >= 11 is 6.16. The Bertz CT molecular complexity index is 1060. The third kappa shape index (κ3) is 3.06. The Labute approximate surface area is 180 Å². The molecule has 2 aliphatic rings. The summed E-state index contributed by atoms with van der Waals surface area (Å²) < 4.78 is 0. The van der Waals surface area contributed by atoms with Gasteiger partial charge in [0.1, 0.15) is 0 Å². The first-order chi connectivity index (χ1) is 14.6. The molecule has 0 radical (unpaired) electrons. The first-order valence-electron chi connectivity index (χ1n) is 10.1. The summed E-state index contributed by atoms with van der Waals surface area (Å²) in [7, 11) is 0. The number of fused-ring (bicyclic) bond motifs is 1. The number of hydrogen-bond donors (Lipinski definition) is 0. The second-order valence-corrected chi connectivity index (χ2v) is 8.24. The molecule has 1 aliphatic carbocycles. The predicted molar refractivity (Wildman–Crippen MR) is 118 cm³/mol. The van der Waals surface area contributed by atoms with Gasteiger partial charge in [-0.1, -0.05) is 90.5 Å². The van der Waals surface area contributed by atoms with E-state index < -0.39 is 11.8 Å². The number of amides is 2. The van der Waals surface area contributed by atoms with Crippen LogP contribution in [0.1, 0.15) is 23.0 Å². The van der Waals surface area contributed by atoms with Crippen LogP contribution in [0.5, 0.6) is 0 Å². The number of imide groups is 1. The van der Waals surface area contributed by atoms with Crippen LogP contribution in [0.15, 0.2) is 97.1 Å². The van der Waals surface area contributed by atoms with E-state index in [-0.39, 0.29) is 23.7 Å². The molecule has 1 heterocycles. The lowest BCUT2D eigenvalue weighted by Crippen LogP contribution is -2.31. The molecular weight excluding hydrogens is 394 g/mol. The van der Waals surface area contributed by atoms with E-state index in [1.165, 1.54) is 4.90 Å². The van der Waals surface area contributed by atoms with Gasteiger partial charge in [0.2, 0.25) is 11.8 Å². The summed E-state index contributed by atoms with van der Waals surface area (Å²) in [4.78, 5) is 28.6. The molecule has 2 amide bonds. The maximum atomic E-state index is 13.7. The fourth-order valence-electron chi connectivity index (χ4n) is 4.80. The summed E-state index contributed by atoms with van der Waals surface area (Å²) in [6, 6.07) is 26.8. The molecule has 5 rings (SSSR count). The molecule has 0 saturated carbocycles. The largest absolute Gasteiger partial charge is 0.274 e. The maximum absolute atomic E-state index is 13.7. The van der Waals surface area contributed by atoms with Crippen LogP contribution in [0.3, 0.4) is 0 Å². The molecule has 148 valence electrons. The van der Waals surface area contributed by atoms with Crippen LogP contribution in [0.4, 0.5) is 5.69 Å². The number of rotatable bonds is 3. The van der Waals surface area contributed by atoms with Gasteiger partial charge in [0.05, 0.1) is 17.5 Å². The van der Waals surface area contributed by atoms with Crippen molar-refractivity contribution in [2.45, 2.75) is 11.8 Å². The van der Waals surface area contributed by atoms with E-state index in [0.717, 1.165) is 11.1 Å². The smallest absolute Gasteiger partial charge is 0.238 e. The SMILES string of the molecule is O=C1[C@@H]2[C@H](C(=O)N1c1cccc(Cl)c1)[C@H](c1ccccc1)C=C[C@H]2c1ccccc1. The zero-order valence-corrected chi connectivity index (χ0v) is 16.9. The van der Waals surface area contributed by atoms with Gasteiger partial charge in [0.25, 0.3) is 0 Å². The number of carbonyl (C=O) groups excluding carboxylic acids is 2. The van der Waals surface area contributed by atoms with Crippen molar-refractivity contribution in [2.75, 3.05) is 4.90 Å². The fourth-order valence-corrected chi connectivity index (χ4v) is 4.99. The monoisotopic (exact) mass is 413 g/mol. The lowest BCUT2D eigenvalue weighted by atomic mass is 9.68. The Morgan fingerprint density at radius 3 is 1.60 bits per heavy atom. The van der Waals surface area contributed by atoms with E-state index >= 15 is 0 Å². The van der Waals surface area contributed by atoms with E-state index in [9.17, 15) is 9.59 Å². The predicted octanol–water partition coefficient (Wildman–Crippen LogP) is 5.58. The molecular formula is C26H20ClNO2. The standard InChI is InChI=1S/C26H20ClNO2/c27-19-12-7-13-20(16-19)28-25(29)23-21(17-8-3-1-4-9-17)14-15-22(24(23)26(28)30)18-10-5-2-6-11-18/h1-16,21-24H/t21-,22-,23-,24+/m0/s1. The second kappa shape index (κ2) is 7.58. The molecule has 4 atom stereocenters. The number of allylic oxidation sites excluding steroid dienone is 2. The first kappa shape index (κ1) is 18.8. The summed E-state index contributed by atoms with van der Waals surface area (Å²) in [5.74, 6) is -1.51. The molecule has 1 aliphatic heterocycles. The van der Waals surface area contributed by atoms with Crippen LogP contribution in [0, 0.1) is 11.8 Å². The quantitative estimate of drug-likeness (QED) is 0.415. The van der Waals surface area contributed by atoms with E-state index in [1.54, 1.807) is 24.3 Å².